The molecule has 2 aromatic rings. The predicted molar refractivity (Wildman–Crippen MR) is 77.2 cm³/mol. The molecule has 104 valence electrons. The summed E-state index contributed by atoms with van der Waals surface area (Å²) in [7, 11) is 0. The van der Waals surface area contributed by atoms with Gasteiger partial charge in [0.25, 0.3) is 5.91 Å². The molecule has 0 radical (unpaired) electrons. The molecule has 6 heteroatoms. The third-order valence-corrected chi connectivity index (χ3v) is 2.67. The molecule has 0 bridgehead atoms. The zero-order valence-corrected chi connectivity index (χ0v) is 11.4. The van der Waals surface area contributed by atoms with E-state index in [2.05, 4.69) is 10.3 Å². The maximum Gasteiger partial charge on any atom is 0.273 e. The zero-order chi connectivity index (χ0) is 14.4. The van der Waals surface area contributed by atoms with Crippen LogP contribution in [0, 0.1) is 0 Å². The van der Waals surface area contributed by atoms with Crippen molar-refractivity contribution >= 4 is 17.5 Å². The van der Waals surface area contributed by atoms with Gasteiger partial charge in [0.1, 0.15) is 5.75 Å². The standard InChI is InChI=1S/C14H14ClN3O2/c15-10-3-1-4-11(9-10)20-12-5-2-7-17-13(12)14(19)18-8-6-16/h1-5,7,9H,6,8,16H2,(H,18,19). The Labute approximate surface area is 121 Å². The van der Waals surface area contributed by atoms with Crippen LogP contribution in [0.15, 0.2) is 42.6 Å². The van der Waals surface area contributed by atoms with Crippen LogP contribution in [0.3, 0.4) is 0 Å². The third-order valence-electron chi connectivity index (χ3n) is 2.44. The van der Waals surface area contributed by atoms with Crippen LogP contribution >= 0.6 is 11.6 Å². The lowest BCUT2D eigenvalue weighted by atomic mass is 10.3. The molecule has 1 aromatic carbocycles. The molecule has 3 N–H and O–H groups in total. The van der Waals surface area contributed by atoms with Crippen molar-refractivity contribution < 1.29 is 9.53 Å². The smallest absolute Gasteiger partial charge is 0.273 e. The quantitative estimate of drug-likeness (QED) is 0.885. The number of aromatic nitrogens is 1. The van der Waals surface area contributed by atoms with E-state index in [4.69, 9.17) is 22.1 Å². The fourth-order valence-electron chi connectivity index (χ4n) is 1.57. The normalized spacial score (nSPS) is 10.1. The average Bonchev–Trinajstić information content (AvgIpc) is 2.45. The molecular weight excluding hydrogens is 278 g/mol. The SMILES string of the molecule is NCCNC(=O)c1ncccc1Oc1cccc(Cl)c1. The highest BCUT2D eigenvalue weighted by Gasteiger charge is 2.14. The van der Waals surface area contributed by atoms with Gasteiger partial charge in [-0.3, -0.25) is 4.79 Å². The Morgan fingerprint density at radius 3 is 2.95 bits per heavy atom. The van der Waals surface area contributed by atoms with Crippen LogP contribution < -0.4 is 15.8 Å². The second kappa shape index (κ2) is 6.88. The van der Waals surface area contributed by atoms with Gasteiger partial charge in [-0.25, -0.2) is 4.98 Å². The van der Waals surface area contributed by atoms with E-state index in [9.17, 15) is 4.79 Å². The van der Waals surface area contributed by atoms with Crippen molar-refractivity contribution in [3.05, 3.63) is 53.3 Å². The van der Waals surface area contributed by atoms with Crippen LogP contribution in [0.2, 0.25) is 5.02 Å². The average molecular weight is 292 g/mol. The minimum atomic E-state index is -0.326. The van der Waals surface area contributed by atoms with Gasteiger partial charge >= 0.3 is 0 Å². The maximum atomic E-state index is 11.9. The fraction of sp³-hybridized carbons (Fsp3) is 0.143. The lowest BCUT2D eigenvalue weighted by molar-refractivity contribution is 0.0947. The molecule has 0 fully saturated rings. The number of rotatable bonds is 5. The molecule has 0 unspecified atom stereocenters. The van der Waals surface area contributed by atoms with E-state index in [0.717, 1.165) is 0 Å². The molecule has 20 heavy (non-hydrogen) atoms. The maximum absolute atomic E-state index is 11.9. The topological polar surface area (TPSA) is 77.2 Å². The Balaban J connectivity index is 2.21. The molecule has 0 atom stereocenters. The minimum absolute atomic E-state index is 0.209. The van der Waals surface area contributed by atoms with Crippen LogP contribution in [0.1, 0.15) is 10.5 Å². The largest absolute Gasteiger partial charge is 0.455 e. The zero-order valence-electron chi connectivity index (χ0n) is 10.7. The third kappa shape index (κ3) is 3.69. The van der Waals surface area contributed by atoms with Gasteiger partial charge in [0, 0.05) is 24.3 Å². The monoisotopic (exact) mass is 291 g/mol. The highest BCUT2D eigenvalue weighted by atomic mass is 35.5. The van der Waals surface area contributed by atoms with Crippen molar-refractivity contribution in [3.63, 3.8) is 0 Å². The van der Waals surface area contributed by atoms with E-state index in [1.807, 2.05) is 0 Å². The Morgan fingerprint density at radius 2 is 2.20 bits per heavy atom. The first-order valence-electron chi connectivity index (χ1n) is 6.07. The molecule has 0 spiro atoms. The number of nitrogens with zero attached hydrogens (tertiary/aromatic N) is 1. The molecule has 0 saturated heterocycles. The van der Waals surface area contributed by atoms with Crippen molar-refractivity contribution in [3.8, 4) is 11.5 Å². The predicted octanol–water partition coefficient (Wildman–Crippen LogP) is 2.22. The van der Waals surface area contributed by atoms with E-state index >= 15 is 0 Å². The molecule has 5 nitrogen and oxygen atoms in total. The van der Waals surface area contributed by atoms with E-state index in [0.29, 0.717) is 29.6 Å². The number of carbonyl (C=O) groups is 1. The van der Waals surface area contributed by atoms with E-state index < -0.39 is 0 Å². The van der Waals surface area contributed by atoms with Crippen LogP contribution in [0.25, 0.3) is 0 Å². The van der Waals surface area contributed by atoms with Crippen molar-refractivity contribution in [2.24, 2.45) is 5.73 Å². The van der Waals surface area contributed by atoms with Gasteiger partial charge in [-0.2, -0.15) is 0 Å². The van der Waals surface area contributed by atoms with Crippen molar-refractivity contribution in [2.75, 3.05) is 13.1 Å². The fourth-order valence-corrected chi connectivity index (χ4v) is 1.75. The first-order chi connectivity index (χ1) is 9.70. The Kier molecular flexibility index (Phi) is 4.92. The van der Waals surface area contributed by atoms with Gasteiger partial charge in [0.15, 0.2) is 11.4 Å². The molecule has 1 heterocycles. The highest BCUT2D eigenvalue weighted by molar-refractivity contribution is 6.30. The van der Waals surface area contributed by atoms with E-state index in [1.165, 1.54) is 6.20 Å². The lowest BCUT2D eigenvalue weighted by Gasteiger charge is -2.10. The molecule has 1 aromatic heterocycles. The molecule has 0 aliphatic heterocycles. The molecule has 1 amide bonds. The molecular formula is C14H14ClN3O2. The second-order valence-corrected chi connectivity index (χ2v) is 4.39. The summed E-state index contributed by atoms with van der Waals surface area (Å²) in [6.07, 6.45) is 1.53. The molecule has 0 saturated carbocycles. The van der Waals surface area contributed by atoms with Gasteiger partial charge in [-0.15, -0.1) is 0 Å². The summed E-state index contributed by atoms with van der Waals surface area (Å²) in [5.41, 5.74) is 5.56. The van der Waals surface area contributed by atoms with Gasteiger partial charge < -0.3 is 15.8 Å². The summed E-state index contributed by atoms with van der Waals surface area (Å²) in [6, 6.07) is 10.3. The van der Waals surface area contributed by atoms with E-state index in [-0.39, 0.29) is 11.6 Å². The molecule has 0 aliphatic rings. The van der Waals surface area contributed by atoms with Crippen LogP contribution in [-0.4, -0.2) is 24.0 Å². The summed E-state index contributed by atoms with van der Waals surface area (Å²) in [6.45, 7) is 0.745. The summed E-state index contributed by atoms with van der Waals surface area (Å²) in [5.74, 6) is 0.579. The Hall–Kier alpha value is -2.11. The number of ether oxygens (including phenoxy) is 1. The Bertz CT molecular complexity index is 604. The number of hydrogen-bond acceptors (Lipinski definition) is 4. The van der Waals surface area contributed by atoms with Crippen LogP contribution in [-0.2, 0) is 0 Å². The first-order valence-corrected chi connectivity index (χ1v) is 6.45. The van der Waals surface area contributed by atoms with Gasteiger partial charge in [0.2, 0.25) is 0 Å². The summed E-state index contributed by atoms with van der Waals surface area (Å²) >= 11 is 5.89. The molecule has 2 rings (SSSR count). The summed E-state index contributed by atoms with van der Waals surface area (Å²) < 4.78 is 5.65. The van der Waals surface area contributed by atoms with Gasteiger partial charge in [-0.1, -0.05) is 17.7 Å². The number of halogens is 1. The highest BCUT2D eigenvalue weighted by Crippen LogP contribution is 2.25. The summed E-state index contributed by atoms with van der Waals surface area (Å²) in [5, 5.41) is 3.21. The van der Waals surface area contributed by atoms with Crippen molar-refractivity contribution in [1.82, 2.24) is 10.3 Å². The number of nitrogens with one attached hydrogen (secondary N) is 1. The number of pyridine rings is 1. The Morgan fingerprint density at radius 1 is 1.35 bits per heavy atom. The molecule has 0 aliphatic carbocycles. The van der Waals surface area contributed by atoms with Crippen LogP contribution in [0.5, 0.6) is 11.5 Å². The number of hydrogen-bond donors (Lipinski definition) is 2. The number of nitrogens with two attached hydrogens (primary N) is 1. The van der Waals surface area contributed by atoms with Crippen molar-refractivity contribution in [1.29, 1.82) is 0 Å². The van der Waals surface area contributed by atoms with Gasteiger partial charge in [-0.05, 0) is 30.3 Å². The first kappa shape index (κ1) is 14.3. The number of benzene rings is 1. The van der Waals surface area contributed by atoms with E-state index in [1.54, 1.807) is 36.4 Å². The number of amides is 1. The van der Waals surface area contributed by atoms with Crippen LogP contribution in [0.4, 0.5) is 0 Å². The van der Waals surface area contributed by atoms with Gasteiger partial charge in [0.05, 0.1) is 0 Å². The summed E-state index contributed by atoms with van der Waals surface area (Å²) in [4.78, 5) is 16.0. The second-order valence-electron chi connectivity index (χ2n) is 3.95. The number of carbonyl (C=O) groups excluding carboxylic acids is 1. The van der Waals surface area contributed by atoms with Crippen molar-refractivity contribution in [2.45, 2.75) is 0 Å². The lowest BCUT2D eigenvalue weighted by Crippen LogP contribution is -2.29. The minimum Gasteiger partial charge on any atom is -0.455 e.